The maximum absolute atomic E-state index is 12.1. The average molecular weight is 324 g/mol. The number of hydrogen-bond acceptors (Lipinski definition) is 4. The summed E-state index contributed by atoms with van der Waals surface area (Å²) in [6.45, 7) is 11.6. The van der Waals surface area contributed by atoms with E-state index in [1.807, 2.05) is 37.0 Å². The van der Waals surface area contributed by atoms with Crippen LogP contribution in [-0.2, 0) is 4.74 Å². The lowest BCUT2D eigenvalue weighted by atomic mass is 10.0. The molecule has 1 aliphatic heterocycles. The number of likely N-dealkylation sites (tertiary alicyclic amines) is 1. The Morgan fingerprint density at radius 1 is 1.41 bits per heavy atom. The van der Waals surface area contributed by atoms with E-state index in [4.69, 9.17) is 4.74 Å². The molecule has 2 heterocycles. The van der Waals surface area contributed by atoms with Crippen molar-refractivity contribution in [2.45, 2.75) is 65.1 Å². The molecule has 1 atom stereocenters. The molecule has 1 amide bonds. The van der Waals surface area contributed by atoms with E-state index >= 15 is 0 Å². The molecule has 0 spiro atoms. The number of ether oxygens (including phenoxy) is 1. The molecular formula is C17H28N2O2S. The highest BCUT2D eigenvalue weighted by molar-refractivity contribution is 7.10. The van der Waals surface area contributed by atoms with Crippen LogP contribution in [0.3, 0.4) is 0 Å². The number of amides is 1. The van der Waals surface area contributed by atoms with Crippen molar-refractivity contribution >= 4 is 17.4 Å². The lowest BCUT2D eigenvalue weighted by Crippen LogP contribution is -2.46. The Balaban J connectivity index is 1.80. The molecule has 1 fully saturated rings. The van der Waals surface area contributed by atoms with Gasteiger partial charge in [0.05, 0.1) is 0 Å². The lowest BCUT2D eigenvalue weighted by molar-refractivity contribution is 0.0196. The topological polar surface area (TPSA) is 41.6 Å². The van der Waals surface area contributed by atoms with Crippen LogP contribution in [0.25, 0.3) is 0 Å². The van der Waals surface area contributed by atoms with Gasteiger partial charge in [0.25, 0.3) is 0 Å². The summed E-state index contributed by atoms with van der Waals surface area (Å²) in [5.74, 6) is 0. The smallest absolute Gasteiger partial charge is 0.410 e. The van der Waals surface area contributed by atoms with E-state index in [0.29, 0.717) is 12.1 Å². The molecule has 0 aromatic carbocycles. The molecule has 0 bridgehead atoms. The van der Waals surface area contributed by atoms with Crippen molar-refractivity contribution in [3.8, 4) is 0 Å². The van der Waals surface area contributed by atoms with Crippen LogP contribution in [0.1, 0.15) is 57.0 Å². The van der Waals surface area contributed by atoms with E-state index in [2.05, 4.69) is 30.6 Å². The summed E-state index contributed by atoms with van der Waals surface area (Å²) in [6.07, 6.45) is 1.77. The van der Waals surface area contributed by atoms with Gasteiger partial charge in [0.2, 0.25) is 0 Å². The van der Waals surface area contributed by atoms with Gasteiger partial charge in [-0.1, -0.05) is 0 Å². The summed E-state index contributed by atoms with van der Waals surface area (Å²) in [6, 6.07) is 3.01. The van der Waals surface area contributed by atoms with Crippen LogP contribution in [-0.4, -0.2) is 35.7 Å². The molecule has 1 aromatic heterocycles. The van der Waals surface area contributed by atoms with Gasteiger partial charge in [0, 0.05) is 30.1 Å². The largest absolute Gasteiger partial charge is 0.444 e. The highest BCUT2D eigenvalue weighted by Gasteiger charge is 2.27. The zero-order chi connectivity index (χ0) is 16.3. The van der Waals surface area contributed by atoms with Crippen molar-refractivity contribution in [2.24, 2.45) is 0 Å². The summed E-state index contributed by atoms with van der Waals surface area (Å²) < 4.78 is 5.44. The first kappa shape index (κ1) is 17.3. The second kappa shape index (κ2) is 7.01. The van der Waals surface area contributed by atoms with Gasteiger partial charge in [-0.25, -0.2) is 4.79 Å². The van der Waals surface area contributed by atoms with E-state index in [1.54, 1.807) is 0 Å². The third-order valence-electron chi connectivity index (χ3n) is 3.93. The van der Waals surface area contributed by atoms with Crippen molar-refractivity contribution in [3.05, 3.63) is 21.9 Å². The fourth-order valence-electron chi connectivity index (χ4n) is 2.81. The first-order chi connectivity index (χ1) is 10.3. The highest BCUT2D eigenvalue weighted by Crippen LogP contribution is 2.25. The minimum atomic E-state index is -0.419. The monoisotopic (exact) mass is 324 g/mol. The average Bonchev–Trinajstić information content (AvgIpc) is 2.84. The fourth-order valence-corrected chi connectivity index (χ4v) is 3.76. The molecule has 0 radical (unpaired) electrons. The number of carbonyl (C=O) groups excluding carboxylic acids is 1. The third kappa shape index (κ3) is 4.71. The Labute approximate surface area is 137 Å². The van der Waals surface area contributed by atoms with Crippen LogP contribution in [0, 0.1) is 6.92 Å². The Hall–Kier alpha value is -1.07. The van der Waals surface area contributed by atoms with Crippen molar-refractivity contribution in [2.75, 3.05) is 13.1 Å². The number of rotatable bonds is 3. The van der Waals surface area contributed by atoms with Crippen LogP contribution in [0.4, 0.5) is 4.79 Å². The quantitative estimate of drug-likeness (QED) is 0.910. The molecule has 1 aliphatic rings. The molecular weight excluding hydrogens is 296 g/mol. The molecule has 4 nitrogen and oxygen atoms in total. The van der Waals surface area contributed by atoms with E-state index < -0.39 is 5.60 Å². The third-order valence-corrected chi connectivity index (χ3v) is 5.13. The Morgan fingerprint density at radius 3 is 2.55 bits per heavy atom. The minimum Gasteiger partial charge on any atom is -0.444 e. The SMILES string of the molecule is Cc1ccsc1C(C)NC1CCN(C(=O)OC(C)(C)C)CC1. The van der Waals surface area contributed by atoms with Crippen molar-refractivity contribution in [1.82, 2.24) is 10.2 Å². The maximum Gasteiger partial charge on any atom is 0.410 e. The van der Waals surface area contributed by atoms with Gasteiger partial charge in [0.1, 0.15) is 5.60 Å². The van der Waals surface area contributed by atoms with E-state index in [9.17, 15) is 4.79 Å². The maximum atomic E-state index is 12.1. The molecule has 5 heteroatoms. The number of nitrogens with zero attached hydrogens (tertiary/aromatic N) is 1. The van der Waals surface area contributed by atoms with E-state index in [-0.39, 0.29) is 6.09 Å². The summed E-state index contributed by atoms with van der Waals surface area (Å²) >= 11 is 1.81. The molecule has 2 rings (SSSR count). The van der Waals surface area contributed by atoms with Gasteiger partial charge in [-0.2, -0.15) is 0 Å². The Kier molecular flexibility index (Phi) is 5.50. The van der Waals surface area contributed by atoms with E-state index in [1.165, 1.54) is 10.4 Å². The zero-order valence-corrected chi connectivity index (χ0v) is 15.1. The molecule has 1 N–H and O–H groups in total. The van der Waals surface area contributed by atoms with Crippen LogP contribution in [0.2, 0.25) is 0 Å². The predicted octanol–water partition coefficient (Wildman–Crippen LogP) is 4.11. The summed E-state index contributed by atoms with van der Waals surface area (Å²) in [4.78, 5) is 15.3. The molecule has 124 valence electrons. The lowest BCUT2D eigenvalue weighted by Gasteiger charge is -2.34. The fraction of sp³-hybridized carbons (Fsp3) is 0.706. The second-order valence-corrected chi connectivity index (χ2v) is 8.05. The molecule has 1 aromatic rings. The van der Waals surface area contributed by atoms with Crippen molar-refractivity contribution in [3.63, 3.8) is 0 Å². The molecule has 0 saturated carbocycles. The Bertz CT molecular complexity index is 499. The van der Waals surface area contributed by atoms with Gasteiger partial charge < -0.3 is 15.0 Å². The highest BCUT2D eigenvalue weighted by atomic mass is 32.1. The van der Waals surface area contributed by atoms with Crippen LogP contribution < -0.4 is 5.32 Å². The number of carbonyl (C=O) groups is 1. The Morgan fingerprint density at radius 2 is 2.05 bits per heavy atom. The van der Waals surface area contributed by atoms with Crippen molar-refractivity contribution in [1.29, 1.82) is 0 Å². The number of thiophene rings is 1. The van der Waals surface area contributed by atoms with Gasteiger partial charge in [-0.15, -0.1) is 11.3 Å². The molecule has 0 aliphatic carbocycles. The first-order valence-electron chi connectivity index (χ1n) is 8.04. The number of piperidine rings is 1. The first-order valence-corrected chi connectivity index (χ1v) is 8.92. The number of hydrogen-bond donors (Lipinski definition) is 1. The number of aryl methyl sites for hydroxylation is 1. The summed E-state index contributed by atoms with van der Waals surface area (Å²) in [7, 11) is 0. The predicted molar refractivity (Wildman–Crippen MR) is 91.4 cm³/mol. The molecule has 1 saturated heterocycles. The normalized spacial score (nSPS) is 18.3. The summed E-state index contributed by atoms with van der Waals surface area (Å²) in [5, 5.41) is 5.85. The summed E-state index contributed by atoms with van der Waals surface area (Å²) in [5.41, 5.74) is 0.938. The zero-order valence-electron chi connectivity index (χ0n) is 14.3. The minimum absolute atomic E-state index is 0.187. The van der Waals surface area contributed by atoms with Gasteiger partial charge >= 0.3 is 6.09 Å². The van der Waals surface area contributed by atoms with Crippen LogP contribution in [0.15, 0.2) is 11.4 Å². The molecule has 22 heavy (non-hydrogen) atoms. The molecule has 1 unspecified atom stereocenters. The van der Waals surface area contributed by atoms with Gasteiger partial charge in [0.15, 0.2) is 0 Å². The van der Waals surface area contributed by atoms with E-state index in [0.717, 1.165) is 25.9 Å². The standard InChI is InChI=1S/C17H28N2O2S/c1-12-8-11-22-15(12)13(2)18-14-6-9-19(10-7-14)16(20)21-17(3,4)5/h8,11,13-14,18H,6-7,9-10H2,1-5H3. The van der Waals surface area contributed by atoms with Crippen LogP contribution in [0.5, 0.6) is 0 Å². The van der Waals surface area contributed by atoms with Crippen LogP contribution >= 0.6 is 11.3 Å². The van der Waals surface area contributed by atoms with Crippen molar-refractivity contribution < 1.29 is 9.53 Å². The number of nitrogens with one attached hydrogen (secondary N) is 1. The second-order valence-electron chi connectivity index (χ2n) is 7.10. The van der Waals surface area contributed by atoms with Gasteiger partial charge in [-0.3, -0.25) is 0 Å². The van der Waals surface area contributed by atoms with Gasteiger partial charge in [-0.05, 0) is 64.5 Å².